The number of anilines is 2. The predicted octanol–water partition coefficient (Wildman–Crippen LogP) is 4.56. The lowest BCUT2D eigenvalue weighted by molar-refractivity contribution is -0.117. The van der Waals surface area contributed by atoms with Gasteiger partial charge < -0.3 is 10.6 Å². The van der Waals surface area contributed by atoms with Crippen molar-refractivity contribution in [3.63, 3.8) is 0 Å². The Labute approximate surface area is 143 Å². The number of benzene rings is 1. The van der Waals surface area contributed by atoms with Crippen molar-refractivity contribution in [3.05, 3.63) is 47.8 Å². The van der Waals surface area contributed by atoms with E-state index in [2.05, 4.69) is 10.6 Å². The number of Topliss-reactive ketones (excluding diaryl/α,β-unsaturated/α-hetero) is 2. The number of carbonyl (C=O) groups excluding carboxylic acids is 2. The Morgan fingerprint density at radius 3 is 1.38 bits per heavy atom. The fourth-order valence-corrected chi connectivity index (χ4v) is 3.11. The molecule has 0 amide bonds. The molecule has 24 heavy (non-hydrogen) atoms. The van der Waals surface area contributed by atoms with Gasteiger partial charge in [-0.3, -0.25) is 9.59 Å². The van der Waals surface area contributed by atoms with Crippen LogP contribution in [0.25, 0.3) is 0 Å². The molecule has 2 N–H and O–H groups in total. The first kappa shape index (κ1) is 16.5. The van der Waals surface area contributed by atoms with Gasteiger partial charge in [-0.1, -0.05) is 0 Å². The zero-order valence-electron chi connectivity index (χ0n) is 13.9. The highest BCUT2D eigenvalue weighted by Gasteiger charge is 2.15. The third kappa shape index (κ3) is 4.34. The lowest BCUT2D eigenvalue weighted by atomic mass is 9.94. The molecule has 0 saturated heterocycles. The summed E-state index contributed by atoms with van der Waals surface area (Å²) in [4.78, 5) is 23.6. The second-order valence-corrected chi connectivity index (χ2v) is 6.47. The molecule has 0 bridgehead atoms. The van der Waals surface area contributed by atoms with Crippen LogP contribution in [-0.2, 0) is 9.59 Å². The third-order valence-electron chi connectivity index (χ3n) is 4.63. The summed E-state index contributed by atoms with van der Waals surface area (Å²) < 4.78 is 0. The quantitative estimate of drug-likeness (QED) is 0.797. The van der Waals surface area contributed by atoms with Crippen LogP contribution in [0, 0.1) is 0 Å². The van der Waals surface area contributed by atoms with Gasteiger partial charge in [-0.15, -0.1) is 0 Å². The number of ketones is 2. The van der Waals surface area contributed by atoms with Crippen LogP contribution in [0.1, 0.15) is 51.4 Å². The molecule has 2 aliphatic carbocycles. The van der Waals surface area contributed by atoms with Crippen molar-refractivity contribution in [2.75, 3.05) is 10.6 Å². The SMILES string of the molecule is O=C1CCCCC1=CNc1ccc(N/C=C2\CCCCC2=O)cc1. The highest BCUT2D eigenvalue weighted by molar-refractivity contribution is 5.96. The zero-order chi connectivity index (χ0) is 16.8. The van der Waals surface area contributed by atoms with Gasteiger partial charge in [0.15, 0.2) is 11.6 Å². The highest BCUT2D eigenvalue weighted by Crippen LogP contribution is 2.22. The lowest BCUT2D eigenvalue weighted by Gasteiger charge is -2.13. The normalized spacial score (nSPS) is 22.0. The first-order chi connectivity index (χ1) is 11.7. The molecule has 0 aliphatic heterocycles. The molecular weight excluding hydrogens is 300 g/mol. The topological polar surface area (TPSA) is 58.2 Å². The summed E-state index contributed by atoms with van der Waals surface area (Å²) >= 11 is 0. The molecule has 1 aromatic rings. The summed E-state index contributed by atoms with van der Waals surface area (Å²) in [5.74, 6) is 0.520. The van der Waals surface area contributed by atoms with Crippen LogP contribution in [0.5, 0.6) is 0 Å². The minimum Gasteiger partial charge on any atom is -0.361 e. The Hall–Kier alpha value is -2.36. The van der Waals surface area contributed by atoms with Crippen LogP contribution in [-0.4, -0.2) is 11.6 Å². The maximum atomic E-state index is 11.8. The van der Waals surface area contributed by atoms with Gasteiger partial charge in [0.05, 0.1) is 0 Å². The second kappa shape index (κ2) is 7.95. The summed E-state index contributed by atoms with van der Waals surface area (Å²) in [6.07, 6.45) is 11.0. The van der Waals surface area contributed by atoms with E-state index in [0.29, 0.717) is 12.8 Å². The molecule has 3 rings (SSSR count). The van der Waals surface area contributed by atoms with Gasteiger partial charge >= 0.3 is 0 Å². The van der Waals surface area contributed by atoms with Crippen molar-refractivity contribution in [3.8, 4) is 0 Å². The number of hydrogen-bond acceptors (Lipinski definition) is 4. The van der Waals surface area contributed by atoms with Gasteiger partial charge in [-0.25, -0.2) is 0 Å². The van der Waals surface area contributed by atoms with Gasteiger partial charge in [0, 0.05) is 47.8 Å². The molecule has 126 valence electrons. The van der Waals surface area contributed by atoms with Crippen LogP contribution >= 0.6 is 0 Å². The maximum absolute atomic E-state index is 11.8. The van der Waals surface area contributed by atoms with Crippen molar-refractivity contribution in [2.45, 2.75) is 51.4 Å². The average Bonchev–Trinajstić information content (AvgIpc) is 2.61. The van der Waals surface area contributed by atoms with Crippen LogP contribution in [0.2, 0.25) is 0 Å². The van der Waals surface area contributed by atoms with Gasteiger partial charge in [0.1, 0.15) is 0 Å². The summed E-state index contributed by atoms with van der Waals surface area (Å²) in [6, 6.07) is 7.86. The molecule has 0 heterocycles. The van der Waals surface area contributed by atoms with E-state index in [1.54, 1.807) is 0 Å². The standard InChI is InChI=1S/C20H24N2O2/c23-19-7-3-1-5-15(19)13-21-17-9-11-18(12-10-17)22-14-16-6-2-4-8-20(16)24/h9-14,21-22H,1-8H2/b15-13+,16-14?. The monoisotopic (exact) mass is 324 g/mol. The van der Waals surface area contributed by atoms with Crippen molar-refractivity contribution in [1.82, 2.24) is 0 Å². The van der Waals surface area contributed by atoms with E-state index in [9.17, 15) is 9.59 Å². The van der Waals surface area contributed by atoms with Crippen LogP contribution < -0.4 is 10.6 Å². The Balaban J connectivity index is 1.57. The Morgan fingerprint density at radius 1 is 0.625 bits per heavy atom. The van der Waals surface area contributed by atoms with Crippen LogP contribution in [0.15, 0.2) is 47.8 Å². The van der Waals surface area contributed by atoms with E-state index in [1.807, 2.05) is 36.7 Å². The summed E-state index contributed by atoms with van der Waals surface area (Å²) in [5, 5.41) is 6.41. The van der Waals surface area contributed by atoms with Crippen molar-refractivity contribution in [1.29, 1.82) is 0 Å². The molecule has 0 radical (unpaired) electrons. The van der Waals surface area contributed by atoms with Crippen molar-refractivity contribution in [2.24, 2.45) is 0 Å². The average molecular weight is 324 g/mol. The molecule has 2 fully saturated rings. The number of nitrogens with one attached hydrogen (secondary N) is 2. The minimum atomic E-state index is 0.260. The number of hydrogen-bond donors (Lipinski definition) is 2. The molecule has 4 heteroatoms. The smallest absolute Gasteiger partial charge is 0.160 e. The largest absolute Gasteiger partial charge is 0.361 e. The van der Waals surface area contributed by atoms with Crippen LogP contribution in [0.4, 0.5) is 11.4 Å². The van der Waals surface area contributed by atoms with E-state index in [0.717, 1.165) is 61.0 Å². The zero-order valence-corrected chi connectivity index (χ0v) is 13.9. The maximum Gasteiger partial charge on any atom is 0.160 e. The van der Waals surface area contributed by atoms with Gasteiger partial charge in [-0.05, 0) is 62.8 Å². The molecular formula is C20H24N2O2. The highest BCUT2D eigenvalue weighted by atomic mass is 16.1. The Bertz CT molecular complexity index is 612. The predicted molar refractivity (Wildman–Crippen MR) is 96.8 cm³/mol. The molecule has 2 saturated carbocycles. The fourth-order valence-electron chi connectivity index (χ4n) is 3.11. The molecule has 0 unspecified atom stereocenters. The van der Waals surface area contributed by atoms with E-state index >= 15 is 0 Å². The van der Waals surface area contributed by atoms with E-state index in [4.69, 9.17) is 0 Å². The van der Waals surface area contributed by atoms with Crippen molar-refractivity contribution < 1.29 is 9.59 Å². The summed E-state index contributed by atoms with van der Waals surface area (Å²) in [6.45, 7) is 0. The number of allylic oxidation sites excluding steroid dienone is 2. The van der Waals surface area contributed by atoms with Gasteiger partial charge in [-0.2, -0.15) is 0 Å². The van der Waals surface area contributed by atoms with E-state index < -0.39 is 0 Å². The molecule has 2 aliphatic rings. The number of carbonyl (C=O) groups is 2. The fraction of sp³-hybridized carbons (Fsp3) is 0.400. The first-order valence-electron chi connectivity index (χ1n) is 8.80. The first-order valence-corrected chi connectivity index (χ1v) is 8.80. The third-order valence-corrected chi connectivity index (χ3v) is 4.63. The van der Waals surface area contributed by atoms with Crippen molar-refractivity contribution >= 4 is 22.9 Å². The molecule has 1 aromatic carbocycles. The summed E-state index contributed by atoms with van der Waals surface area (Å²) in [7, 11) is 0. The number of rotatable bonds is 4. The summed E-state index contributed by atoms with van der Waals surface area (Å²) in [5.41, 5.74) is 3.69. The minimum absolute atomic E-state index is 0.260. The van der Waals surface area contributed by atoms with E-state index in [1.165, 1.54) is 0 Å². The van der Waals surface area contributed by atoms with Crippen LogP contribution in [0.3, 0.4) is 0 Å². The molecule has 0 spiro atoms. The molecule has 4 nitrogen and oxygen atoms in total. The van der Waals surface area contributed by atoms with E-state index in [-0.39, 0.29) is 11.6 Å². The second-order valence-electron chi connectivity index (χ2n) is 6.47. The van der Waals surface area contributed by atoms with Gasteiger partial charge in [0.25, 0.3) is 0 Å². The Kier molecular flexibility index (Phi) is 5.47. The molecule has 0 atom stereocenters. The molecule has 0 aromatic heterocycles. The Morgan fingerprint density at radius 2 is 1.00 bits per heavy atom. The van der Waals surface area contributed by atoms with Gasteiger partial charge in [0.2, 0.25) is 0 Å². The lowest BCUT2D eigenvalue weighted by Crippen LogP contribution is -2.10.